The smallest absolute Gasteiger partial charge is 0.0563 e. The summed E-state index contributed by atoms with van der Waals surface area (Å²) in [7, 11) is 0. The van der Waals surface area contributed by atoms with E-state index in [1.54, 1.807) is 0 Å². The van der Waals surface area contributed by atoms with Crippen molar-refractivity contribution in [2.45, 2.75) is 19.3 Å². The minimum atomic E-state index is 0.513. The Labute approximate surface area is 80.8 Å². The topological polar surface area (TPSA) is 9.23 Å². The monoisotopic (exact) mass is 178 g/mol. The second kappa shape index (κ2) is 6.67. The Morgan fingerprint density at radius 2 is 2.00 bits per heavy atom. The molecule has 0 aromatic rings. The van der Waals surface area contributed by atoms with Crippen LogP contribution in [0.3, 0.4) is 0 Å². The molecule has 0 bridgehead atoms. The maximum absolute atomic E-state index is 5.53. The highest BCUT2D eigenvalue weighted by Crippen LogP contribution is 2.09. The van der Waals surface area contributed by atoms with E-state index in [9.17, 15) is 0 Å². The van der Waals surface area contributed by atoms with Crippen molar-refractivity contribution in [2.75, 3.05) is 13.2 Å². The Balaban J connectivity index is 1.86. The van der Waals surface area contributed by atoms with Crippen molar-refractivity contribution in [1.82, 2.24) is 0 Å². The molecule has 0 amide bonds. The van der Waals surface area contributed by atoms with Crippen LogP contribution in [0.5, 0.6) is 0 Å². The maximum Gasteiger partial charge on any atom is 0.0563 e. The van der Waals surface area contributed by atoms with Gasteiger partial charge < -0.3 is 4.74 Å². The molecule has 72 valence electrons. The van der Waals surface area contributed by atoms with E-state index in [1.807, 2.05) is 6.08 Å². The van der Waals surface area contributed by atoms with Crippen LogP contribution < -0.4 is 0 Å². The van der Waals surface area contributed by atoms with Gasteiger partial charge in [-0.15, -0.1) is 6.58 Å². The lowest BCUT2D eigenvalue weighted by Gasteiger charge is -2.06. The third-order valence-electron chi connectivity index (χ3n) is 2.08. The van der Waals surface area contributed by atoms with E-state index in [1.165, 1.54) is 6.42 Å². The molecule has 0 aliphatic heterocycles. The Kier molecular flexibility index (Phi) is 5.27. The van der Waals surface area contributed by atoms with Gasteiger partial charge >= 0.3 is 0 Å². The van der Waals surface area contributed by atoms with Crippen LogP contribution in [0.15, 0.2) is 37.0 Å². The fraction of sp³-hybridized carbons (Fsp3) is 0.500. The van der Waals surface area contributed by atoms with Crippen LogP contribution in [0.4, 0.5) is 0 Å². The maximum atomic E-state index is 5.53. The summed E-state index contributed by atoms with van der Waals surface area (Å²) in [5.41, 5.74) is 0. The highest BCUT2D eigenvalue weighted by atomic mass is 16.5. The number of hydrogen-bond acceptors (Lipinski definition) is 1. The number of hydrogen-bond donors (Lipinski definition) is 0. The molecule has 1 nitrogen and oxygen atoms in total. The molecule has 0 fully saturated rings. The minimum absolute atomic E-state index is 0.513. The van der Waals surface area contributed by atoms with Gasteiger partial charge in [0.25, 0.3) is 0 Å². The fourth-order valence-electron chi connectivity index (χ4n) is 1.30. The quantitative estimate of drug-likeness (QED) is 0.430. The van der Waals surface area contributed by atoms with E-state index >= 15 is 0 Å². The SMILES string of the molecule is C=CCCCCOCC1C=CC=C1. The number of unbranched alkanes of at least 4 members (excludes halogenated alkanes) is 2. The van der Waals surface area contributed by atoms with E-state index < -0.39 is 0 Å². The summed E-state index contributed by atoms with van der Waals surface area (Å²) in [6.07, 6.45) is 13.9. The molecule has 0 spiro atoms. The molecule has 0 N–H and O–H groups in total. The van der Waals surface area contributed by atoms with Crippen molar-refractivity contribution >= 4 is 0 Å². The van der Waals surface area contributed by atoms with Gasteiger partial charge in [0.2, 0.25) is 0 Å². The molecule has 1 rings (SSSR count). The van der Waals surface area contributed by atoms with Crippen LogP contribution in [0, 0.1) is 5.92 Å². The Morgan fingerprint density at radius 3 is 2.69 bits per heavy atom. The molecular formula is C12H18O. The lowest BCUT2D eigenvalue weighted by atomic mass is 10.2. The second-order valence-electron chi connectivity index (χ2n) is 3.29. The molecule has 0 aromatic heterocycles. The van der Waals surface area contributed by atoms with E-state index in [-0.39, 0.29) is 0 Å². The molecule has 0 heterocycles. The zero-order valence-electron chi connectivity index (χ0n) is 8.11. The fourth-order valence-corrected chi connectivity index (χ4v) is 1.30. The summed E-state index contributed by atoms with van der Waals surface area (Å²) >= 11 is 0. The Hall–Kier alpha value is -0.820. The molecule has 0 saturated carbocycles. The van der Waals surface area contributed by atoms with Gasteiger partial charge in [-0.2, -0.15) is 0 Å². The molecular weight excluding hydrogens is 160 g/mol. The minimum Gasteiger partial charge on any atom is -0.381 e. The van der Waals surface area contributed by atoms with Gasteiger partial charge in [-0.25, -0.2) is 0 Å². The predicted molar refractivity (Wildman–Crippen MR) is 56.6 cm³/mol. The molecule has 1 heteroatoms. The zero-order valence-corrected chi connectivity index (χ0v) is 8.11. The van der Waals surface area contributed by atoms with Gasteiger partial charge in [0.15, 0.2) is 0 Å². The van der Waals surface area contributed by atoms with Gasteiger partial charge in [0, 0.05) is 12.5 Å². The van der Waals surface area contributed by atoms with E-state index in [0.717, 1.165) is 26.1 Å². The summed E-state index contributed by atoms with van der Waals surface area (Å²) in [6.45, 7) is 5.40. The molecule has 0 saturated heterocycles. The summed E-state index contributed by atoms with van der Waals surface area (Å²) in [5.74, 6) is 0.513. The Morgan fingerprint density at radius 1 is 1.23 bits per heavy atom. The lowest BCUT2D eigenvalue weighted by molar-refractivity contribution is 0.120. The molecule has 13 heavy (non-hydrogen) atoms. The van der Waals surface area contributed by atoms with Crippen molar-refractivity contribution in [3.05, 3.63) is 37.0 Å². The highest BCUT2D eigenvalue weighted by molar-refractivity contribution is 5.17. The zero-order chi connectivity index (χ0) is 9.36. The lowest BCUT2D eigenvalue weighted by Crippen LogP contribution is -2.04. The average molecular weight is 178 g/mol. The average Bonchev–Trinajstić information content (AvgIpc) is 2.63. The van der Waals surface area contributed by atoms with Crippen LogP contribution in [-0.2, 0) is 4.74 Å². The summed E-state index contributed by atoms with van der Waals surface area (Å²) in [6, 6.07) is 0. The molecule has 0 atom stereocenters. The molecule has 1 aliphatic carbocycles. The van der Waals surface area contributed by atoms with Crippen molar-refractivity contribution in [3.63, 3.8) is 0 Å². The van der Waals surface area contributed by atoms with Gasteiger partial charge in [-0.1, -0.05) is 30.4 Å². The van der Waals surface area contributed by atoms with Gasteiger partial charge in [0.1, 0.15) is 0 Å². The van der Waals surface area contributed by atoms with Gasteiger partial charge in [0.05, 0.1) is 6.61 Å². The van der Waals surface area contributed by atoms with Crippen LogP contribution in [-0.4, -0.2) is 13.2 Å². The Bertz CT molecular complexity index is 179. The molecule has 0 aromatic carbocycles. The summed E-state index contributed by atoms with van der Waals surface area (Å²) in [4.78, 5) is 0. The van der Waals surface area contributed by atoms with Gasteiger partial charge in [-0.05, 0) is 19.3 Å². The standard InChI is InChI=1S/C12H18O/c1-2-3-4-7-10-13-11-12-8-5-6-9-12/h2,5-6,8-9,12H,1,3-4,7,10-11H2. The second-order valence-corrected chi connectivity index (χ2v) is 3.29. The van der Waals surface area contributed by atoms with Crippen LogP contribution in [0.2, 0.25) is 0 Å². The first-order chi connectivity index (χ1) is 6.43. The largest absolute Gasteiger partial charge is 0.381 e. The van der Waals surface area contributed by atoms with Crippen LogP contribution in [0.25, 0.3) is 0 Å². The molecule has 0 unspecified atom stereocenters. The summed E-state index contributed by atoms with van der Waals surface area (Å²) < 4.78 is 5.53. The third-order valence-corrected chi connectivity index (χ3v) is 2.08. The van der Waals surface area contributed by atoms with Crippen molar-refractivity contribution < 1.29 is 4.74 Å². The number of ether oxygens (including phenoxy) is 1. The van der Waals surface area contributed by atoms with Crippen LogP contribution in [0.1, 0.15) is 19.3 Å². The molecule has 0 radical (unpaired) electrons. The predicted octanol–water partition coefficient (Wildman–Crippen LogP) is 3.10. The van der Waals surface area contributed by atoms with Crippen molar-refractivity contribution in [1.29, 1.82) is 0 Å². The van der Waals surface area contributed by atoms with Crippen molar-refractivity contribution in [3.8, 4) is 0 Å². The van der Waals surface area contributed by atoms with Crippen molar-refractivity contribution in [2.24, 2.45) is 5.92 Å². The van der Waals surface area contributed by atoms with Gasteiger partial charge in [-0.3, -0.25) is 0 Å². The summed E-state index contributed by atoms with van der Waals surface area (Å²) in [5, 5.41) is 0. The number of allylic oxidation sites excluding steroid dienone is 3. The first-order valence-electron chi connectivity index (χ1n) is 4.97. The van der Waals surface area contributed by atoms with E-state index in [4.69, 9.17) is 4.74 Å². The first-order valence-corrected chi connectivity index (χ1v) is 4.97. The number of rotatable bonds is 7. The van der Waals surface area contributed by atoms with Crippen LogP contribution >= 0.6 is 0 Å². The highest BCUT2D eigenvalue weighted by Gasteiger charge is 2.02. The third kappa shape index (κ3) is 4.69. The first kappa shape index (κ1) is 10.3. The van der Waals surface area contributed by atoms with E-state index in [0.29, 0.717) is 5.92 Å². The molecule has 1 aliphatic rings. The normalized spacial score (nSPS) is 15.4. The van der Waals surface area contributed by atoms with E-state index in [2.05, 4.69) is 30.9 Å².